The van der Waals surface area contributed by atoms with E-state index < -0.39 is 24.2 Å². The van der Waals surface area contributed by atoms with Crippen molar-refractivity contribution in [3.05, 3.63) is 105 Å². The van der Waals surface area contributed by atoms with Gasteiger partial charge in [-0.2, -0.15) is 18.4 Å². The molecule has 1 aromatic heterocycles. The lowest BCUT2D eigenvalue weighted by molar-refractivity contribution is -0.203. The van der Waals surface area contributed by atoms with Crippen molar-refractivity contribution < 1.29 is 41.7 Å². The molecule has 3 fully saturated rings. The third-order valence-corrected chi connectivity index (χ3v) is 13.0. The molecule has 7 rings (SSSR count). The second-order valence-corrected chi connectivity index (χ2v) is 17.5. The zero-order valence-electron chi connectivity index (χ0n) is 35.6. The molecule has 1 aliphatic carbocycles. The van der Waals surface area contributed by atoms with Gasteiger partial charge in [0.05, 0.1) is 17.2 Å². The topological polar surface area (TPSA) is 140 Å². The monoisotopic (exact) mass is 887 g/mol. The van der Waals surface area contributed by atoms with Gasteiger partial charge in [-0.15, -0.1) is 0 Å². The van der Waals surface area contributed by atoms with Crippen molar-refractivity contribution in [2.75, 3.05) is 32.8 Å². The van der Waals surface area contributed by atoms with Crippen LogP contribution in [0.3, 0.4) is 0 Å². The van der Waals surface area contributed by atoms with Gasteiger partial charge in [0.2, 0.25) is 0 Å². The van der Waals surface area contributed by atoms with E-state index in [1.165, 1.54) is 31.9 Å². The predicted molar refractivity (Wildman–Crippen MR) is 231 cm³/mol. The number of alkyl halides is 3. The van der Waals surface area contributed by atoms with Crippen LogP contribution in [-0.4, -0.2) is 77.8 Å². The first-order chi connectivity index (χ1) is 30.2. The van der Waals surface area contributed by atoms with Gasteiger partial charge in [0.25, 0.3) is 0 Å². The van der Waals surface area contributed by atoms with E-state index in [0.29, 0.717) is 65.6 Å². The summed E-state index contributed by atoms with van der Waals surface area (Å²) in [6.07, 6.45) is 4.91. The molecule has 0 bridgehead atoms. The number of ether oxygens (including phenoxy) is 4. The van der Waals surface area contributed by atoms with Crippen LogP contribution in [0.5, 0.6) is 17.2 Å². The van der Waals surface area contributed by atoms with E-state index in [-0.39, 0.29) is 31.2 Å². The summed E-state index contributed by atoms with van der Waals surface area (Å²) in [6, 6.07) is 18.4. The van der Waals surface area contributed by atoms with E-state index in [0.717, 1.165) is 59.6 Å². The SMILES string of the molecule is Cc1c(COc2cc(OCc3cncc(C#N)c3)c(CN3CCCC[C@H]3C(=O)OC(=O)C(F)(F)F)cc2Cl)cccc1-c1cccc(OCCCN2CCC3(CC2)CC(N)C3)c1C. The number of halogens is 4. The Morgan fingerprint density at radius 3 is 2.37 bits per heavy atom. The minimum atomic E-state index is -5.31. The van der Waals surface area contributed by atoms with Crippen molar-refractivity contribution in [2.45, 2.75) is 103 Å². The highest BCUT2D eigenvalue weighted by atomic mass is 35.5. The third-order valence-electron chi connectivity index (χ3n) is 12.7. The van der Waals surface area contributed by atoms with E-state index in [2.05, 4.69) is 39.7 Å². The highest BCUT2D eigenvalue weighted by Crippen LogP contribution is 2.48. The average molecular weight is 888 g/mol. The van der Waals surface area contributed by atoms with E-state index in [4.69, 9.17) is 31.5 Å². The Hall–Kier alpha value is -5.20. The Morgan fingerprint density at radius 1 is 0.905 bits per heavy atom. The summed E-state index contributed by atoms with van der Waals surface area (Å²) in [6.45, 7) is 8.61. The molecule has 63 heavy (non-hydrogen) atoms. The lowest BCUT2D eigenvalue weighted by Gasteiger charge is -2.51. The zero-order valence-corrected chi connectivity index (χ0v) is 36.4. The molecule has 11 nitrogen and oxygen atoms in total. The lowest BCUT2D eigenvalue weighted by Crippen LogP contribution is -2.52. The van der Waals surface area contributed by atoms with Crippen LogP contribution in [-0.2, 0) is 34.1 Å². The van der Waals surface area contributed by atoms with Crippen molar-refractivity contribution in [1.82, 2.24) is 14.8 Å². The first kappa shape index (κ1) is 45.8. The van der Waals surface area contributed by atoms with Crippen LogP contribution in [0, 0.1) is 30.6 Å². The number of nitriles is 1. The minimum absolute atomic E-state index is 0.0143. The molecule has 334 valence electrons. The summed E-state index contributed by atoms with van der Waals surface area (Å²) >= 11 is 6.86. The Kier molecular flexibility index (Phi) is 14.6. The lowest BCUT2D eigenvalue weighted by atomic mass is 9.61. The summed E-state index contributed by atoms with van der Waals surface area (Å²) in [7, 11) is 0. The van der Waals surface area contributed by atoms with E-state index in [1.54, 1.807) is 29.3 Å². The molecule has 2 saturated heterocycles. The Labute approximate surface area is 371 Å². The first-order valence-electron chi connectivity index (χ1n) is 21.5. The van der Waals surface area contributed by atoms with Crippen LogP contribution in [0.25, 0.3) is 11.1 Å². The molecule has 1 spiro atoms. The molecule has 3 aromatic carbocycles. The molecule has 3 heterocycles. The number of nitrogens with two attached hydrogens (primary N) is 1. The molecule has 0 radical (unpaired) electrons. The molecular formula is C48H53ClF3N5O6. The van der Waals surface area contributed by atoms with Crippen molar-refractivity contribution in [1.29, 1.82) is 5.26 Å². The number of esters is 2. The van der Waals surface area contributed by atoms with Gasteiger partial charge < -0.3 is 29.6 Å². The molecule has 1 atom stereocenters. The fourth-order valence-corrected chi connectivity index (χ4v) is 9.39. The molecule has 2 N–H and O–H groups in total. The van der Waals surface area contributed by atoms with Gasteiger partial charge in [-0.1, -0.05) is 48.4 Å². The average Bonchev–Trinajstić information content (AvgIpc) is 3.25. The number of aromatic nitrogens is 1. The zero-order chi connectivity index (χ0) is 44.7. The number of rotatable bonds is 15. The van der Waals surface area contributed by atoms with E-state index in [1.807, 2.05) is 31.2 Å². The second kappa shape index (κ2) is 20.1. The van der Waals surface area contributed by atoms with Crippen LogP contribution in [0.4, 0.5) is 13.2 Å². The Balaban J connectivity index is 1.04. The number of carbonyl (C=O) groups is 2. The second-order valence-electron chi connectivity index (χ2n) is 17.1. The first-order valence-corrected chi connectivity index (χ1v) is 21.9. The molecule has 0 amide bonds. The van der Waals surface area contributed by atoms with Crippen molar-refractivity contribution in [2.24, 2.45) is 11.1 Å². The van der Waals surface area contributed by atoms with Crippen LogP contribution in [0.15, 0.2) is 67.0 Å². The van der Waals surface area contributed by atoms with E-state index in [9.17, 15) is 28.0 Å². The normalized spacial score (nSPS) is 18.0. The number of likely N-dealkylation sites (tertiary alicyclic amines) is 2. The van der Waals surface area contributed by atoms with Gasteiger partial charge in [-0.25, -0.2) is 9.59 Å². The molecule has 3 aliphatic rings. The van der Waals surface area contributed by atoms with Gasteiger partial charge in [0, 0.05) is 48.7 Å². The molecule has 2 aliphatic heterocycles. The number of hydrogen-bond donors (Lipinski definition) is 1. The Bertz CT molecular complexity index is 2320. The van der Waals surface area contributed by atoms with Crippen molar-refractivity contribution in [3.63, 3.8) is 0 Å². The van der Waals surface area contributed by atoms with Crippen LogP contribution in [0.2, 0.25) is 5.02 Å². The quantitative estimate of drug-likeness (QED) is 0.0695. The molecule has 15 heteroatoms. The van der Waals surface area contributed by atoms with Crippen LogP contribution >= 0.6 is 11.6 Å². The summed E-state index contributed by atoms with van der Waals surface area (Å²) in [5.74, 6) is -2.32. The Morgan fingerprint density at radius 2 is 1.63 bits per heavy atom. The highest BCUT2D eigenvalue weighted by Gasteiger charge is 2.45. The number of piperidine rings is 2. The largest absolute Gasteiger partial charge is 0.493 e. The number of carbonyl (C=O) groups excluding carboxylic acids is 2. The predicted octanol–water partition coefficient (Wildman–Crippen LogP) is 9.01. The van der Waals surface area contributed by atoms with Crippen molar-refractivity contribution in [3.8, 4) is 34.4 Å². The summed E-state index contributed by atoms with van der Waals surface area (Å²) in [5, 5.41) is 9.64. The van der Waals surface area contributed by atoms with Crippen LogP contribution in [0.1, 0.15) is 84.7 Å². The van der Waals surface area contributed by atoms with Gasteiger partial charge in [0.15, 0.2) is 0 Å². The third kappa shape index (κ3) is 11.3. The maximum Gasteiger partial charge on any atom is 0.491 e. The van der Waals surface area contributed by atoms with E-state index >= 15 is 0 Å². The number of pyridine rings is 1. The fraction of sp³-hybridized carbons (Fsp3) is 0.458. The smallest absolute Gasteiger partial charge is 0.491 e. The standard InChI is InChI=1S/C48H53ClF3N5O6/c1-31-35(8-5-9-38(31)39-10-6-12-42(32(39)2)60-19-7-15-56-17-13-47(14-18-56)23-37(54)24-47)30-62-44-22-43(61-29-34-20-33(25-53)26-55-27-34)36(21-40(44)49)28-57-16-4-3-11-41(57)45(58)63-46(59)48(50,51)52/h5-6,8-10,12,20-22,26-27,37,41H,3-4,7,11,13-19,23-24,28-30,54H2,1-2H3/t41-/m0/s1. The molecule has 0 unspecified atom stereocenters. The molecule has 1 saturated carbocycles. The number of benzene rings is 3. The van der Waals surface area contributed by atoms with Gasteiger partial charge in [-0.3, -0.25) is 9.88 Å². The maximum atomic E-state index is 13.0. The highest BCUT2D eigenvalue weighted by molar-refractivity contribution is 6.32. The number of hydrogen-bond acceptors (Lipinski definition) is 11. The summed E-state index contributed by atoms with van der Waals surface area (Å²) in [4.78, 5) is 32.7. The van der Waals surface area contributed by atoms with Gasteiger partial charge in [0.1, 0.15) is 42.6 Å². The van der Waals surface area contributed by atoms with Crippen LogP contribution < -0.4 is 19.9 Å². The summed E-state index contributed by atoms with van der Waals surface area (Å²) < 4.78 is 62.1. The number of nitrogens with zero attached hydrogens (tertiary/aromatic N) is 4. The minimum Gasteiger partial charge on any atom is -0.493 e. The van der Waals surface area contributed by atoms with Gasteiger partial charge in [-0.05, 0) is 130 Å². The van der Waals surface area contributed by atoms with Gasteiger partial charge >= 0.3 is 18.1 Å². The summed E-state index contributed by atoms with van der Waals surface area (Å²) in [5.41, 5.74) is 13.2. The molecular weight excluding hydrogens is 835 g/mol. The van der Waals surface area contributed by atoms with Crippen molar-refractivity contribution >= 4 is 23.5 Å². The molecule has 4 aromatic rings. The fourth-order valence-electron chi connectivity index (χ4n) is 9.15. The maximum absolute atomic E-state index is 13.0.